The fourth-order valence-electron chi connectivity index (χ4n) is 6.19. The van der Waals surface area contributed by atoms with Crippen LogP contribution in [0.5, 0.6) is 0 Å². The average molecular weight is 839 g/mol. The summed E-state index contributed by atoms with van der Waals surface area (Å²) >= 11 is 0. The van der Waals surface area contributed by atoms with Gasteiger partial charge in [-0.05, 0) is 74.8 Å². The van der Waals surface area contributed by atoms with Crippen LogP contribution in [0.25, 0.3) is 0 Å². The Kier molecular flexibility index (Phi) is 21.3. The molecule has 0 aliphatic rings. The van der Waals surface area contributed by atoms with Crippen molar-refractivity contribution in [1.29, 1.82) is 0 Å². The summed E-state index contributed by atoms with van der Waals surface area (Å²) in [7, 11) is 1.40. The highest BCUT2D eigenvalue weighted by Gasteiger charge is 2.33. The monoisotopic (exact) mass is 838 g/mol. The van der Waals surface area contributed by atoms with Gasteiger partial charge in [0, 0.05) is 50.1 Å². The number of carbonyl (C=O) groups is 9. The smallest absolute Gasteiger partial charge is 0.323 e. The number of nitrogens with one attached hydrogen (secondary N) is 5. The van der Waals surface area contributed by atoms with Crippen LogP contribution in [-0.2, 0) is 40.0 Å². The molecule has 0 heterocycles. The Balaban J connectivity index is 2.28. The second-order valence-electron chi connectivity index (χ2n) is 14.5. The van der Waals surface area contributed by atoms with Gasteiger partial charge in [-0.1, -0.05) is 50.1 Å². The number of hydrogen-bond donors (Lipinski definition) is 9. The second kappa shape index (κ2) is 25.8. The number of carboxylic acids is 2. The number of likely N-dealkylation sites (N-methyl/N-ethyl adjacent to an activating group) is 1. The molecule has 2 rings (SSSR count). The minimum Gasteiger partial charge on any atom is -0.481 e. The molecule has 328 valence electrons. The molecule has 2 aromatic rings. The number of rotatable bonds is 27. The molecule has 2 aromatic carbocycles. The number of nitrogens with zero attached hydrogens (tertiary/aromatic N) is 1. The van der Waals surface area contributed by atoms with Crippen molar-refractivity contribution < 1.29 is 53.4 Å². The third-order valence-electron chi connectivity index (χ3n) is 9.71. The third kappa shape index (κ3) is 18.4. The molecular formula is C41H58N8O11. The number of para-hydroxylation sites is 1. The van der Waals surface area contributed by atoms with E-state index in [1.165, 1.54) is 11.9 Å². The Labute approximate surface area is 348 Å². The number of benzene rings is 2. The predicted molar refractivity (Wildman–Crippen MR) is 221 cm³/mol. The zero-order valence-corrected chi connectivity index (χ0v) is 34.3. The number of amides is 8. The maximum atomic E-state index is 14.0. The van der Waals surface area contributed by atoms with Crippen LogP contribution in [-0.4, -0.2) is 100 Å². The Morgan fingerprint density at radius 2 is 1.37 bits per heavy atom. The van der Waals surface area contributed by atoms with Crippen molar-refractivity contribution >= 4 is 64.8 Å². The lowest BCUT2D eigenvalue weighted by Crippen LogP contribution is -2.53. The van der Waals surface area contributed by atoms with Gasteiger partial charge in [-0.15, -0.1) is 0 Å². The number of hydrogen-bond acceptors (Lipinski definition) is 9. The summed E-state index contributed by atoms with van der Waals surface area (Å²) in [6.45, 7) is 3.91. The van der Waals surface area contributed by atoms with Gasteiger partial charge in [-0.25, -0.2) is 9.59 Å². The number of anilines is 2. The fraction of sp³-hybridized carbons (Fsp3) is 0.488. The standard InChI is InChI=1S/C41H58N8O11/c1-4-5-11-31(37(42)56)47-38(57)27(16-20-35(52)53)24-33(50)30(19-21-36(54)55)46-39(58)32(13-8-9-22-44-40(43)59)49(3)34(51)23-26-14-17-28(18-15-26)45-41(60)48-29-12-7-6-10-25(29)2/h6-7,10,12,14-15,17-18,27,30-32H,4-5,8-9,11,13,16,19-24H2,1-3H3,(H2,42,56)(H,46,58)(H,47,57)(H,52,53)(H,54,55)(H3,43,44,59)(H2,45,48,60)/t27-,30+,31+,32+/m1/s1. The highest BCUT2D eigenvalue weighted by atomic mass is 16.4. The van der Waals surface area contributed by atoms with Gasteiger partial charge in [-0.3, -0.25) is 33.6 Å². The van der Waals surface area contributed by atoms with E-state index in [4.69, 9.17) is 11.5 Å². The first-order valence-corrected chi connectivity index (χ1v) is 19.8. The molecular weight excluding hydrogens is 780 g/mol. The predicted octanol–water partition coefficient (Wildman–Crippen LogP) is 2.80. The van der Waals surface area contributed by atoms with E-state index in [9.17, 15) is 53.4 Å². The molecule has 60 heavy (non-hydrogen) atoms. The first-order chi connectivity index (χ1) is 28.4. The zero-order chi connectivity index (χ0) is 44.8. The van der Waals surface area contributed by atoms with Crippen molar-refractivity contribution in [1.82, 2.24) is 20.9 Å². The number of Topliss-reactive ketones (excluding diaryl/α,β-unsaturated/α-hetero) is 1. The number of aliphatic carboxylic acids is 2. The van der Waals surface area contributed by atoms with Gasteiger partial charge < -0.3 is 53.2 Å². The molecule has 0 fully saturated rings. The Morgan fingerprint density at radius 1 is 0.733 bits per heavy atom. The summed E-state index contributed by atoms with van der Waals surface area (Å²) in [6.07, 6.45) is -0.306. The van der Waals surface area contributed by atoms with E-state index < -0.39 is 96.7 Å². The average Bonchev–Trinajstić information content (AvgIpc) is 3.18. The van der Waals surface area contributed by atoms with E-state index >= 15 is 0 Å². The van der Waals surface area contributed by atoms with Crippen molar-refractivity contribution in [2.24, 2.45) is 17.4 Å². The number of nitrogens with two attached hydrogens (primary N) is 2. The molecule has 0 saturated carbocycles. The maximum absolute atomic E-state index is 14.0. The van der Waals surface area contributed by atoms with Crippen molar-refractivity contribution in [2.75, 3.05) is 24.2 Å². The molecule has 0 bridgehead atoms. The van der Waals surface area contributed by atoms with Crippen LogP contribution in [0.2, 0.25) is 0 Å². The van der Waals surface area contributed by atoms with E-state index in [1.807, 2.05) is 26.0 Å². The van der Waals surface area contributed by atoms with Gasteiger partial charge in [0.2, 0.25) is 23.6 Å². The lowest BCUT2D eigenvalue weighted by molar-refractivity contribution is -0.141. The summed E-state index contributed by atoms with van der Waals surface area (Å²) in [6, 6.07) is 8.83. The molecule has 0 saturated heterocycles. The van der Waals surface area contributed by atoms with Crippen molar-refractivity contribution in [3.05, 3.63) is 59.7 Å². The molecule has 8 amide bonds. The summed E-state index contributed by atoms with van der Waals surface area (Å²) in [5, 5.41) is 31.8. The number of urea groups is 2. The molecule has 19 heteroatoms. The molecule has 0 spiro atoms. The Bertz CT molecular complexity index is 1820. The number of primary amides is 2. The highest BCUT2D eigenvalue weighted by molar-refractivity contribution is 6.00. The molecule has 0 aromatic heterocycles. The van der Waals surface area contributed by atoms with Crippen LogP contribution in [0.4, 0.5) is 21.0 Å². The minimum absolute atomic E-state index is 0.0587. The van der Waals surface area contributed by atoms with Gasteiger partial charge in [0.05, 0.1) is 12.5 Å². The Morgan fingerprint density at radius 3 is 1.97 bits per heavy atom. The summed E-state index contributed by atoms with van der Waals surface area (Å²) in [5.41, 5.74) is 13.1. The van der Waals surface area contributed by atoms with Crippen LogP contribution in [0.15, 0.2) is 48.5 Å². The molecule has 0 unspecified atom stereocenters. The van der Waals surface area contributed by atoms with Gasteiger partial charge in [-0.2, -0.15) is 0 Å². The quantitative estimate of drug-likeness (QED) is 0.0589. The fourth-order valence-corrected chi connectivity index (χ4v) is 6.19. The van der Waals surface area contributed by atoms with Crippen molar-refractivity contribution in [3.63, 3.8) is 0 Å². The molecule has 19 nitrogen and oxygen atoms in total. The number of aryl methyl sites for hydroxylation is 1. The number of carbonyl (C=O) groups excluding carboxylic acids is 7. The van der Waals surface area contributed by atoms with Crippen LogP contribution < -0.4 is 38.1 Å². The summed E-state index contributed by atoms with van der Waals surface area (Å²) in [4.78, 5) is 115. The molecule has 0 aliphatic heterocycles. The van der Waals surface area contributed by atoms with Gasteiger partial charge in [0.25, 0.3) is 0 Å². The lowest BCUT2D eigenvalue weighted by Gasteiger charge is -2.30. The molecule has 0 aliphatic carbocycles. The van der Waals surface area contributed by atoms with Gasteiger partial charge in [0.15, 0.2) is 5.78 Å². The van der Waals surface area contributed by atoms with E-state index in [2.05, 4.69) is 26.6 Å². The van der Waals surface area contributed by atoms with Gasteiger partial charge in [0.1, 0.15) is 12.1 Å². The topological polar surface area (TPSA) is 310 Å². The largest absolute Gasteiger partial charge is 0.481 e. The third-order valence-corrected chi connectivity index (χ3v) is 9.71. The highest BCUT2D eigenvalue weighted by Crippen LogP contribution is 2.19. The van der Waals surface area contributed by atoms with E-state index in [1.54, 1.807) is 36.4 Å². The first kappa shape index (κ1) is 49.6. The molecule has 11 N–H and O–H groups in total. The van der Waals surface area contributed by atoms with Crippen molar-refractivity contribution in [3.8, 4) is 0 Å². The van der Waals surface area contributed by atoms with Crippen LogP contribution in [0, 0.1) is 12.8 Å². The zero-order valence-electron chi connectivity index (χ0n) is 34.3. The SMILES string of the molecule is CCCC[C@H](NC(=O)[C@H](CCC(=O)O)CC(=O)[C@H](CCC(=O)O)NC(=O)[C@H](CCCCNC(N)=O)N(C)C(=O)Cc1ccc(NC(=O)Nc2ccccc2C)cc1)C(N)=O. The number of carboxylic acid groups (broad SMARTS) is 2. The van der Waals surface area contributed by atoms with Crippen LogP contribution in [0.1, 0.15) is 88.7 Å². The summed E-state index contributed by atoms with van der Waals surface area (Å²) < 4.78 is 0. The normalized spacial score (nSPS) is 12.7. The van der Waals surface area contributed by atoms with Crippen LogP contribution >= 0.6 is 0 Å². The molecule has 0 radical (unpaired) electrons. The van der Waals surface area contributed by atoms with Crippen molar-refractivity contribution in [2.45, 2.75) is 109 Å². The van der Waals surface area contributed by atoms with E-state index in [0.717, 1.165) is 5.56 Å². The first-order valence-electron chi connectivity index (χ1n) is 19.8. The Hall–Kier alpha value is -6.53. The van der Waals surface area contributed by atoms with E-state index in [0.29, 0.717) is 42.6 Å². The van der Waals surface area contributed by atoms with Gasteiger partial charge >= 0.3 is 24.0 Å². The number of ketones is 1. The minimum atomic E-state index is -1.45. The summed E-state index contributed by atoms with van der Waals surface area (Å²) in [5.74, 6) is -7.44. The maximum Gasteiger partial charge on any atom is 0.323 e. The second-order valence-corrected chi connectivity index (χ2v) is 14.5. The van der Waals surface area contributed by atoms with E-state index in [-0.39, 0.29) is 38.6 Å². The number of unbranched alkanes of at least 4 members (excludes halogenated alkanes) is 2. The lowest BCUT2D eigenvalue weighted by atomic mass is 9.91. The van der Waals surface area contributed by atoms with Crippen LogP contribution in [0.3, 0.4) is 0 Å². The molecule has 4 atom stereocenters.